The van der Waals surface area contributed by atoms with Crippen molar-refractivity contribution in [3.05, 3.63) is 93.6 Å². The van der Waals surface area contributed by atoms with Gasteiger partial charge in [0.25, 0.3) is 0 Å². The van der Waals surface area contributed by atoms with Crippen LogP contribution in [0.4, 0.5) is 0 Å². The molecule has 5 nitrogen and oxygen atoms in total. The van der Waals surface area contributed by atoms with E-state index in [0.29, 0.717) is 28.8 Å². The maximum atomic E-state index is 13.2. The Bertz CT molecular complexity index is 1800. The molecule has 2 aromatic carbocycles. The lowest BCUT2D eigenvalue weighted by atomic mass is 10.1. The molecule has 0 unspecified atom stereocenters. The molecule has 6 aromatic rings. The van der Waals surface area contributed by atoms with Crippen LogP contribution in [0, 0.1) is 0 Å². The molecule has 0 saturated heterocycles. The molecule has 0 N–H and O–H groups in total. The normalized spacial score (nSPS) is 14.1. The first-order chi connectivity index (χ1) is 16.2. The summed E-state index contributed by atoms with van der Waals surface area (Å²) in [4.78, 5) is 22.1. The zero-order valence-electron chi connectivity index (χ0n) is 17.6. The van der Waals surface area contributed by atoms with Crippen molar-refractivity contribution in [2.24, 2.45) is 0 Å². The van der Waals surface area contributed by atoms with Gasteiger partial charge in [0, 0.05) is 38.8 Å². The third kappa shape index (κ3) is 2.89. The number of rotatable bonds is 3. The van der Waals surface area contributed by atoms with E-state index in [2.05, 4.69) is 28.2 Å². The summed E-state index contributed by atoms with van der Waals surface area (Å²) in [6, 6.07) is 20.3. The van der Waals surface area contributed by atoms with E-state index >= 15 is 0 Å². The monoisotopic (exact) mass is 451 g/mol. The molecule has 7 rings (SSSR count). The minimum absolute atomic E-state index is 0.358. The van der Waals surface area contributed by atoms with E-state index < -0.39 is 5.63 Å². The van der Waals surface area contributed by atoms with Gasteiger partial charge >= 0.3 is 5.63 Å². The number of halogens is 1. The Morgan fingerprint density at radius 1 is 1.03 bits per heavy atom. The average molecular weight is 452 g/mol. The number of nitrogens with zero attached hydrogens (tertiary/aromatic N) is 3. The molecule has 1 fully saturated rings. The predicted octanol–water partition coefficient (Wildman–Crippen LogP) is 6.42. The summed E-state index contributed by atoms with van der Waals surface area (Å²) < 4.78 is 7.65. The lowest BCUT2D eigenvalue weighted by Gasteiger charge is -2.10. The summed E-state index contributed by atoms with van der Waals surface area (Å²) in [6.45, 7) is 0.413. The van der Waals surface area contributed by atoms with Crippen LogP contribution >= 0.6 is 11.6 Å². The van der Waals surface area contributed by atoms with Crippen LogP contribution in [0.5, 0.6) is 0 Å². The van der Waals surface area contributed by atoms with E-state index in [9.17, 15) is 4.79 Å². The summed E-state index contributed by atoms with van der Waals surface area (Å²) in [5, 5.41) is 4.22. The molecule has 6 heteroatoms. The van der Waals surface area contributed by atoms with Gasteiger partial charge < -0.3 is 8.98 Å². The fourth-order valence-electron chi connectivity index (χ4n) is 4.91. The van der Waals surface area contributed by atoms with Gasteiger partial charge in [-0.15, -0.1) is 0 Å². The zero-order chi connectivity index (χ0) is 22.1. The Kier molecular flexibility index (Phi) is 3.94. The van der Waals surface area contributed by atoms with Crippen molar-refractivity contribution < 1.29 is 4.42 Å². The van der Waals surface area contributed by atoms with Gasteiger partial charge in [-0.05, 0) is 60.7 Å². The Labute approximate surface area is 193 Å². The number of para-hydroxylation sites is 1. The molecule has 0 atom stereocenters. The molecule has 1 saturated carbocycles. The number of pyridine rings is 2. The van der Waals surface area contributed by atoms with E-state index in [1.54, 1.807) is 6.20 Å². The van der Waals surface area contributed by atoms with Crippen molar-refractivity contribution in [2.45, 2.75) is 25.3 Å². The highest BCUT2D eigenvalue weighted by molar-refractivity contribution is 6.30. The minimum Gasteiger partial charge on any atom is -0.402 e. The van der Waals surface area contributed by atoms with Gasteiger partial charge in [0.1, 0.15) is 10.7 Å². The second kappa shape index (κ2) is 6.90. The summed E-state index contributed by atoms with van der Waals surface area (Å²) in [5.74, 6) is 0.608. The predicted molar refractivity (Wildman–Crippen MR) is 131 cm³/mol. The summed E-state index contributed by atoms with van der Waals surface area (Å²) >= 11 is 6.60. The van der Waals surface area contributed by atoms with Gasteiger partial charge in [-0.1, -0.05) is 35.9 Å². The Balaban J connectivity index is 1.56. The smallest absolute Gasteiger partial charge is 0.362 e. The van der Waals surface area contributed by atoms with Crippen molar-refractivity contribution in [1.29, 1.82) is 0 Å². The van der Waals surface area contributed by atoms with Crippen LogP contribution in [0.25, 0.3) is 43.8 Å². The number of hydrogen-bond donors (Lipinski definition) is 0. The molecule has 0 bridgehead atoms. The van der Waals surface area contributed by atoms with Crippen molar-refractivity contribution in [3.8, 4) is 0 Å². The van der Waals surface area contributed by atoms with Gasteiger partial charge in [0.2, 0.25) is 5.71 Å². The van der Waals surface area contributed by atoms with Crippen LogP contribution < -0.4 is 5.63 Å². The molecule has 0 spiro atoms. The van der Waals surface area contributed by atoms with E-state index in [0.717, 1.165) is 38.1 Å². The van der Waals surface area contributed by atoms with Gasteiger partial charge in [-0.3, -0.25) is 0 Å². The van der Waals surface area contributed by atoms with Crippen LogP contribution in [0.2, 0.25) is 5.15 Å². The largest absolute Gasteiger partial charge is 0.402 e. The van der Waals surface area contributed by atoms with Crippen molar-refractivity contribution in [2.75, 3.05) is 0 Å². The van der Waals surface area contributed by atoms with Crippen LogP contribution in [0.15, 0.2) is 76.1 Å². The second-order valence-corrected chi connectivity index (χ2v) is 9.10. The zero-order valence-corrected chi connectivity index (χ0v) is 18.3. The van der Waals surface area contributed by atoms with E-state index in [1.165, 1.54) is 18.4 Å². The molecule has 33 heavy (non-hydrogen) atoms. The first-order valence-electron chi connectivity index (χ1n) is 11.1. The molecular weight excluding hydrogens is 434 g/mol. The van der Waals surface area contributed by atoms with Gasteiger partial charge in [0.05, 0.1) is 12.1 Å². The highest BCUT2D eigenvalue weighted by atomic mass is 35.5. The van der Waals surface area contributed by atoms with Crippen LogP contribution in [-0.2, 0) is 6.54 Å². The Morgan fingerprint density at radius 3 is 2.79 bits per heavy atom. The van der Waals surface area contributed by atoms with Crippen molar-refractivity contribution in [3.63, 3.8) is 0 Å². The van der Waals surface area contributed by atoms with Gasteiger partial charge in [-0.25, -0.2) is 14.8 Å². The molecule has 0 aliphatic heterocycles. The first kappa shape index (κ1) is 18.8. The summed E-state index contributed by atoms with van der Waals surface area (Å²) in [5.41, 5.74) is 4.48. The number of fused-ring (bicyclic) bond motifs is 6. The van der Waals surface area contributed by atoms with Crippen molar-refractivity contribution >= 4 is 55.4 Å². The summed E-state index contributed by atoms with van der Waals surface area (Å²) in [6.07, 6.45) is 4.08. The molecule has 0 amide bonds. The maximum absolute atomic E-state index is 13.2. The fraction of sp³-hybridized carbons (Fsp3) is 0.148. The Morgan fingerprint density at radius 2 is 1.91 bits per heavy atom. The standard InChI is InChI=1S/C27H18ClN3O2/c28-25-18(12-17-4-1-2-6-21(17)30-25)14-31-22-10-9-16(15-7-8-15)13-20(22)23-19-5-3-11-29-26(19)33-27(32)24(23)31/h1-6,9-13,15H,7-8,14H2. The molecule has 1 aliphatic carbocycles. The molecule has 160 valence electrons. The average Bonchev–Trinajstić information content (AvgIpc) is 3.63. The molecule has 1 aliphatic rings. The minimum atomic E-state index is -0.398. The number of hydrogen-bond acceptors (Lipinski definition) is 4. The molecule has 4 aromatic heterocycles. The highest BCUT2D eigenvalue weighted by Crippen LogP contribution is 2.43. The van der Waals surface area contributed by atoms with Gasteiger partial charge in [-0.2, -0.15) is 0 Å². The topological polar surface area (TPSA) is 60.9 Å². The lowest BCUT2D eigenvalue weighted by molar-refractivity contribution is 0.553. The highest BCUT2D eigenvalue weighted by Gasteiger charge is 2.26. The molecular formula is C27H18ClN3O2. The maximum Gasteiger partial charge on any atom is 0.362 e. The van der Waals surface area contributed by atoms with Crippen LogP contribution in [0.3, 0.4) is 0 Å². The lowest BCUT2D eigenvalue weighted by Crippen LogP contribution is -2.09. The second-order valence-electron chi connectivity index (χ2n) is 8.74. The van der Waals surface area contributed by atoms with E-state index in [1.807, 2.05) is 47.0 Å². The summed E-state index contributed by atoms with van der Waals surface area (Å²) in [7, 11) is 0. The number of aromatic nitrogens is 3. The fourth-order valence-corrected chi connectivity index (χ4v) is 5.11. The third-order valence-electron chi connectivity index (χ3n) is 6.64. The molecule has 0 radical (unpaired) electrons. The SMILES string of the molecule is O=c1oc2ncccc2c2c3cc(C4CC4)ccc3n(Cc3cc4ccccc4nc3Cl)c12. The van der Waals surface area contributed by atoms with Crippen LogP contribution in [-0.4, -0.2) is 14.5 Å². The van der Waals surface area contributed by atoms with Gasteiger partial charge in [0.15, 0.2) is 0 Å². The van der Waals surface area contributed by atoms with E-state index in [-0.39, 0.29) is 0 Å². The van der Waals surface area contributed by atoms with Crippen LogP contribution in [0.1, 0.15) is 29.9 Å². The van der Waals surface area contributed by atoms with Crippen molar-refractivity contribution in [1.82, 2.24) is 14.5 Å². The third-order valence-corrected chi connectivity index (χ3v) is 6.97. The quantitative estimate of drug-likeness (QED) is 0.291. The van der Waals surface area contributed by atoms with E-state index in [4.69, 9.17) is 16.0 Å². The Hall–Kier alpha value is -3.70. The molecule has 4 heterocycles. The first-order valence-corrected chi connectivity index (χ1v) is 11.4. The number of benzene rings is 2.